The lowest BCUT2D eigenvalue weighted by atomic mass is 9.88. The van der Waals surface area contributed by atoms with Crippen LogP contribution in [0.15, 0.2) is 66.7 Å². The molecule has 1 fully saturated rings. The summed E-state index contributed by atoms with van der Waals surface area (Å²) in [5, 5.41) is 51.3. The standard InChI is InChI=1S/C27H30O11/c28-14-19-21(30)22(31)23(38-24(32)16-8-2-1-3-9-16)25(37-19)36-18-11-5-4-10-17(18)15-35-26(33)27(34)13-7-6-12-20(27)29/h1-5,7-11,13,19-23,25,28-31,34H,6,12,14-15H2/t19-,20+,21+,22-,23+,25+,27+/m1/s1. The van der Waals surface area contributed by atoms with Crippen molar-refractivity contribution < 1.29 is 54.1 Å². The lowest BCUT2D eigenvalue weighted by Gasteiger charge is -2.41. The van der Waals surface area contributed by atoms with E-state index in [4.69, 9.17) is 18.9 Å². The molecule has 11 nitrogen and oxygen atoms in total. The summed E-state index contributed by atoms with van der Waals surface area (Å²) >= 11 is 0. The predicted molar refractivity (Wildman–Crippen MR) is 130 cm³/mol. The van der Waals surface area contributed by atoms with Crippen molar-refractivity contribution in [1.29, 1.82) is 0 Å². The summed E-state index contributed by atoms with van der Waals surface area (Å²) in [6.07, 6.45) is -5.22. The van der Waals surface area contributed by atoms with Crippen LogP contribution < -0.4 is 4.74 Å². The summed E-state index contributed by atoms with van der Waals surface area (Å²) in [6.45, 7) is -1.00. The number of hydrogen-bond donors (Lipinski definition) is 5. The number of hydrogen-bond acceptors (Lipinski definition) is 11. The lowest BCUT2D eigenvalue weighted by Crippen LogP contribution is -2.61. The molecule has 7 atom stereocenters. The molecule has 38 heavy (non-hydrogen) atoms. The number of esters is 2. The third-order valence-corrected chi connectivity index (χ3v) is 6.47. The highest BCUT2D eigenvalue weighted by Gasteiger charge is 2.48. The van der Waals surface area contributed by atoms with Gasteiger partial charge in [0.1, 0.15) is 30.7 Å². The second-order valence-corrected chi connectivity index (χ2v) is 9.07. The van der Waals surface area contributed by atoms with Gasteiger partial charge in [0.15, 0.2) is 6.10 Å². The van der Waals surface area contributed by atoms with Crippen LogP contribution in [-0.4, -0.2) is 86.5 Å². The van der Waals surface area contributed by atoms with Gasteiger partial charge in [-0.05, 0) is 37.1 Å². The SMILES string of the molecule is O=C(O[C@@H]1[C@@H](Oc2ccccc2COC(=O)[C@]2(O)C=CCC[C@@H]2O)O[C@H](CO)[C@H](O)[C@H]1O)c1ccccc1. The first kappa shape index (κ1) is 27.7. The largest absolute Gasteiger partial charge is 0.460 e. The van der Waals surface area contributed by atoms with Crippen molar-refractivity contribution in [2.75, 3.05) is 6.61 Å². The second-order valence-electron chi connectivity index (χ2n) is 9.07. The Morgan fingerprint density at radius 1 is 1.00 bits per heavy atom. The van der Waals surface area contributed by atoms with Crippen molar-refractivity contribution in [2.45, 2.75) is 61.9 Å². The number of benzene rings is 2. The molecule has 5 N–H and O–H groups in total. The maximum Gasteiger partial charge on any atom is 0.345 e. The molecule has 1 aliphatic heterocycles. The molecular weight excluding hydrogens is 500 g/mol. The Bertz CT molecular complexity index is 1140. The van der Waals surface area contributed by atoms with E-state index in [1.165, 1.54) is 24.3 Å². The highest BCUT2D eigenvalue weighted by atomic mass is 16.7. The highest BCUT2D eigenvalue weighted by molar-refractivity contribution is 5.89. The van der Waals surface area contributed by atoms with E-state index in [0.29, 0.717) is 12.0 Å². The molecule has 4 rings (SSSR count). The highest BCUT2D eigenvalue weighted by Crippen LogP contribution is 2.30. The Labute approximate surface area is 218 Å². The van der Waals surface area contributed by atoms with E-state index in [1.54, 1.807) is 42.5 Å². The molecule has 2 aliphatic rings. The Hall–Kier alpha value is -3.32. The van der Waals surface area contributed by atoms with Crippen LogP contribution in [0, 0.1) is 0 Å². The zero-order valence-corrected chi connectivity index (χ0v) is 20.3. The molecule has 204 valence electrons. The molecule has 0 amide bonds. The molecule has 11 heteroatoms. The van der Waals surface area contributed by atoms with Crippen molar-refractivity contribution in [2.24, 2.45) is 0 Å². The zero-order valence-electron chi connectivity index (χ0n) is 20.3. The van der Waals surface area contributed by atoms with Gasteiger partial charge in [-0.2, -0.15) is 0 Å². The fraction of sp³-hybridized carbons (Fsp3) is 0.407. The Morgan fingerprint density at radius 3 is 2.42 bits per heavy atom. The number of allylic oxidation sites excluding steroid dienone is 1. The summed E-state index contributed by atoms with van der Waals surface area (Å²) in [7, 11) is 0. The fourth-order valence-corrected chi connectivity index (χ4v) is 4.22. The number of ether oxygens (including phenoxy) is 4. The van der Waals surface area contributed by atoms with Crippen LogP contribution in [0.5, 0.6) is 5.75 Å². The molecule has 1 aliphatic carbocycles. The molecular formula is C27H30O11. The van der Waals surface area contributed by atoms with Crippen LogP contribution in [0.2, 0.25) is 0 Å². The Kier molecular flexibility index (Phi) is 8.77. The number of para-hydroxylation sites is 1. The quantitative estimate of drug-likeness (QED) is 0.233. The number of rotatable bonds is 8. The van der Waals surface area contributed by atoms with Gasteiger partial charge in [-0.25, -0.2) is 9.59 Å². The lowest BCUT2D eigenvalue weighted by molar-refractivity contribution is -0.276. The molecule has 2 aromatic carbocycles. The summed E-state index contributed by atoms with van der Waals surface area (Å²) in [6, 6.07) is 14.3. The van der Waals surface area contributed by atoms with Gasteiger partial charge in [-0.3, -0.25) is 0 Å². The summed E-state index contributed by atoms with van der Waals surface area (Å²) in [5.41, 5.74) is -1.65. The van der Waals surface area contributed by atoms with Crippen molar-refractivity contribution in [1.82, 2.24) is 0 Å². The van der Waals surface area contributed by atoms with Gasteiger partial charge >= 0.3 is 11.9 Å². The molecule has 0 unspecified atom stereocenters. The van der Waals surface area contributed by atoms with E-state index in [9.17, 15) is 35.1 Å². The topological polar surface area (TPSA) is 172 Å². The van der Waals surface area contributed by atoms with Crippen LogP contribution in [0.25, 0.3) is 0 Å². The van der Waals surface area contributed by atoms with Crippen LogP contribution in [-0.2, 0) is 25.6 Å². The second kappa shape index (κ2) is 12.0. The van der Waals surface area contributed by atoms with E-state index in [1.807, 2.05) is 0 Å². The average molecular weight is 531 g/mol. The Morgan fingerprint density at radius 2 is 1.71 bits per heavy atom. The van der Waals surface area contributed by atoms with Crippen LogP contribution >= 0.6 is 0 Å². The van der Waals surface area contributed by atoms with Crippen LogP contribution in [0.1, 0.15) is 28.8 Å². The third-order valence-electron chi connectivity index (χ3n) is 6.47. The van der Waals surface area contributed by atoms with E-state index >= 15 is 0 Å². The van der Waals surface area contributed by atoms with Gasteiger partial charge in [-0.15, -0.1) is 0 Å². The van der Waals surface area contributed by atoms with Gasteiger partial charge in [0.05, 0.1) is 18.3 Å². The molecule has 1 saturated heterocycles. The van der Waals surface area contributed by atoms with Crippen molar-refractivity contribution >= 4 is 11.9 Å². The van der Waals surface area contributed by atoms with E-state index in [0.717, 1.165) is 0 Å². The molecule has 1 heterocycles. The van der Waals surface area contributed by atoms with E-state index in [-0.39, 0.29) is 24.3 Å². The van der Waals surface area contributed by atoms with E-state index < -0.39 is 61.0 Å². The first-order chi connectivity index (χ1) is 18.2. The van der Waals surface area contributed by atoms with Gasteiger partial charge < -0.3 is 44.5 Å². The summed E-state index contributed by atoms with van der Waals surface area (Å²) < 4.78 is 22.3. The first-order valence-electron chi connectivity index (χ1n) is 12.1. The molecule has 0 radical (unpaired) electrons. The van der Waals surface area contributed by atoms with Gasteiger partial charge in [0, 0.05) is 5.56 Å². The van der Waals surface area contributed by atoms with Crippen molar-refractivity contribution in [3.8, 4) is 5.75 Å². The monoisotopic (exact) mass is 530 g/mol. The Balaban J connectivity index is 1.52. The number of carbonyl (C=O) groups excluding carboxylic acids is 2. The number of aliphatic hydroxyl groups is 5. The maximum atomic E-state index is 12.7. The minimum Gasteiger partial charge on any atom is -0.460 e. The average Bonchev–Trinajstić information content (AvgIpc) is 2.93. The molecule has 0 bridgehead atoms. The van der Waals surface area contributed by atoms with Crippen LogP contribution in [0.3, 0.4) is 0 Å². The van der Waals surface area contributed by atoms with Crippen molar-refractivity contribution in [3.05, 3.63) is 77.9 Å². The first-order valence-corrected chi connectivity index (χ1v) is 12.1. The smallest absolute Gasteiger partial charge is 0.345 e. The zero-order chi connectivity index (χ0) is 27.3. The predicted octanol–water partition coefficient (Wildman–Crippen LogP) is 0.215. The fourth-order valence-electron chi connectivity index (χ4n) is 4.22. The van der Waals surface area contributed by atoms with Gasteiger partial charge in [0.2, 0.25) is 11.9 Å². The maximum absolute atomic E-state index is 12.7. The molecule has 0 aromatic heterocycles. The molecule has 0 spiro atoms. The summed E-state index contributed by atoms with van der Waals surface area (Å²) in [5.74, 6) is -1.72. The normalized spacial score (nSPS) is 30.9. The van der Waals surface area contributed by atoms with E-state index in [2.05, 4.69) is 0 Å². The van der Waals surface area contributed by atoms with Crippen molar-refractivity contribution in [3.63, 3.8) is 0 Å². The van der Waals surface area contributed by atoms with Crippen LogP contribution in [0.4, 0.5) is 0 Å². The molecule has 0 saturated carbocycles. The number of aliphatic hydroxyl groups excluding tert-OH is 4. The van der Waals surface area contributed by atoms with Gasteiger partial charge in [-0.1, -0.05) is 42.5 Å². The third kappa shape index (κ3) is 5.88. The minimum atomic E-state index is -2.17. The number of carbonyl (C=O) groups is 2. The van der Waals surface area contributed by atoms with Gasteiger partial charge in [0.25, 0.3) is 0 Å². The summed E-state index contributed by atoms with van der Waals surface area (Å²) in [4.78, 5) is 25.3. The minimum absolute atomic E-state index is 0.123. The molecule has 2 aromatic rings.